The molecule has 0 bridgehead atoms. The van der Waals surface area contributed by atoms with Crippen molar-refractivity contribution >= 4 is 23.4 Å². The van der Waals surface area contributed by atoms with Crippen molar-refractivity contribution in [2.24, 2.45) is 23.7 Å². The number of amides is 2. The maximum absolute atomic E-state index is 13.2. The van der Waals surface area contributed by atoms with Crippen LogP contribution in [0.3, 0.4) is 0 Å². The maximum atomic E-state index is 13.2. The van der Waals surface area contributed by atoms with Gasteiger partial charge in [0, 0.05) is 34.6 Å². The van der Waals surface area contributed by atoms with Gasteiger partial charge in [0.1, 0.15) is 11.5 Å². The molecule has 7 heteroatoms. The number of carbonyl (C=O) groups excluding carboxylic acids is 4. The molecule has 3 aliphatic carbocycles. The van der Waals surface area contributed by atoms with E-state index in [0.717, 1.165) is 16.7 Å². The van der Waals surface area contributed by atoms with E-state index in [1.165, 1.54) is 6.08 Å². The van der Waals surface area contributed by atoms with Crippen molar-refractivity contribution in [3.8, 4) is 11.5 Å². The van der Waals surface area contributed by atoms with Crippen LogP contribution in [0.4, 0.5) is 0 Å². The first-order valence-electron chi connectivity index (χ1n) is 11.1. The Morgan fingerprint density at radius 2 is 1.91 bits per heavy atom. The van der Waals surface area contributed by atoms with Crippen molar-refractivity contribution in [1.29, 1.82) is 0 Å². The highest BCUT2D eigenvalue weighted by molar-refractivity contribution is 6.23. The zero-order valence-corrected chi connectivity index (χ0v) is 17.9. The van der Waals surface area contributed by atoms with E-state index in [-0.39, 0.29) is 41.5 Å². The number of carbonyl (C=O) groups is 4. The Bertz CT molecular complexity index is 1310. The number of phenolic OH excluding ortho intramolecular Hbond substituents is 1. The molecule has 7 nitrogen and oxygen atoms in total. The van der Waals surface area contributed by atoms with Gasteiger partial charge in [0.2, 0.25) is 11.8 Å². The Labute approximate surface area is 189 Å². The topological polar surface area (TPSA) is 110 Å². The number of hydrogen-bond donors (Lipinski definition) is 2. The number of Topliss-reactive ketones (excluding diaryl/α,β-unsaturated/α-hetero) is 1. The molecule has 1 fully saturated rings. The van der Waals surface area contributed by atoms with E-state index < -0.39 is 17.8 Å². The lowest BCUT2D eigenvalue weighted by molar-refractivity contribution is -0.126. The Kier molecular flexibility index (Phi) is 4.15. The second kappa shape index (κ2) is 6.88. The van der Waals surface area contributed by atoms with Crippen molar-refractivity contribution in [1.82, 2.24) is 5.32 Å². The Morgan fingerprint density at radius 3 is 2.73 bits per heavy atom. The van der Waals surface area contributed by atoms with E-state index in [1.807, 2.05) is 6.08 Å². The van der Waals surface area contributed by atoms with E-state index in [9.17, 15) is 24.3 Å². The number of imide groups is 1. The van der Waals surface area contributed by atoms with Crippen LogP contribution in [-0.4, -0.2) is 28.5 Å². The number of allylic oxidation sites excluding steroid dienone is 7. The molecule has 2 N–H and O–H groups in total. The van der Waals surface area contributed by atoms with Gasteiger partial charge in [0.15, 0.2) is 11.6 Å². The largest absolute Gasteiger partial charge is 0.508 e. The van der Waals surface area contributed by atoms with Crippen LogP contribution in [0.2, 0.25) is 0 Å². The summed E-state index contributed by atoms with van der Waals surface area (Å²) in [6.45, 7) is 1.63. The molecule has 2 aliphatic heterocycles. The summed E-state index contributed by atoms with van der Waals surface area (Å²) >= 11 is 0. The zero-order valence-electron chi connectivity index (χ0n) is 17.9. The summed E-state index contributed by atoms with van der Waals surface area (Å²) in [6, 6.07) is 4.86. The minimum Gasteiger partial charge on any atom is -0.508 e. The van der Waals surface area contributed by atoms with Gasteiger partial charge in [0.05, 0.1) is 18.1 Å². The van der Waals surface area contributed by atoms with Crippen LogP contribution in [0.1, 0.15) is 25.3 Å². The van der Waals surface area contributed by atoms with Gasteiger partial charge in [-0.1, -0.05) is 11.6 Å². The molecule has 4 atom stereocenters. The minimum absolute atomic E-state index is 0.114. The van der Waals surface area contributed by atoms with Gasteiger partial charge >= 0.3 is 0 Å². The number of ketones is 2. The summed E-state index contributed by atoms with van der Waals surface area (Å²) < 4.78 is 5.84. The predicted octanol–water partition coefficient (Wildman–Crippen LogP) is 2.46. The zero-order chi connectivity index (χ0) is 23.0. The molecular weight excluding hydrogens is 422 g/mol. The van der Waals surface area contributed by atoms with Gasteiger partial charge in [-0.25, -0.2) is 0 Å². The second-order valence-electron chi connectivity index (χ2n) is 9.36. The molecule has 0 aromatic heterocycles. The lowest BCUT2D eigenvalue weighted by Crippen LogP contribution is -2.41. The molecule has 0 saturated carbocycles. The quantitative estimate of drug-likeness (QED) is 0.392. The molecular formula is C26H21NO6. The van der Waals surface area contributed by atoms with Gasteiger partial charge in [0.25, 0.3) is 0 Å². The molecule has 0 spiro atoms. The van der Waals surface area contributed by atoms with Gasteiger partial charge in [-0.3, -0.25) is 24.5 Å². The smallest absolute Gasteiger partial charge is 0.231 e. The first kappa shape index (κ1) is 19.9. The molecule has 0 radical (unpaired) electrons. The summed E-state index contributed by atoms with van der Waals surface area (Å²) in [5.41, 5.74) is 3.72. The van der Waals surface area contributed by atoms with Gasteiger partial charge in [-0.05, 0) is 55.5 Å². The van der Waals surface area contributed by atoms with Crippen molar-refractivity contribution in [2.75, 3.05) is 0 Å². The number of fused-ring (bicyclic) bond motifs is 4. The lowest BCUT2D eigenvalue weighted by atomic mass is 9.58. The lowest BCUT2D eigenvalue weighted by Gasteiger charge is -2.43. The van der Waals surface area contributed by atoms with Crippen molar-refractivity contribution in [3.63, 3.8) is 0 Å². The predicted molar refractivity (Wildman–Crippen MR) is 116 cm³/mol. The molecule has 6 rings (SSSR count). The molecule has 2 amide bonds. The minimum atomic E-state index is -0.551. The van der Waals surface area contributed by atoms with Crippen LogP contribution >= 0.6 is 0 Å². The number of ether oxygens (including phenoxy) is 1. The Hall–Kier alpha value is -3.74. The highest BCUT2D eigenvalue weighted by atomic mass is 16.5. The maximum Gasteiger partial charge on any atom is 0.231 e. The number of aromatic hydroxyl groups is 1. The highest BCUT2D eigenvalue weighted by Crippen LogP contribution is 2.53. The molecule has 166 valence electrons. The fraction of sp³-hybridized carbons (Fsp3) is 0.308. The summed E-state index contributed by atoms with van der Waals surface area (Å²) in [5, 5.41) is 12.4. The third-order valence-electron chi connectivity index (χ3n) is 7.55. The van der Waals surface area contributed by atoms with Gasteiger partial charge in [-0.15, -0.1) is 0 Å². The van der Waals surface area contributed by atoms with Crippen molar-refractivity contribution < 1.29 is 29.0 Å². The Morgan fingerprint density at radius 1 is 1.09 bits per heavy atom. The molecule has 1 aromatic carbocycles. The van der Waals surface area contributed by atoms with Crippen LogP contribution < -0.4 is 10.1 Å². The van der Waals surface area contributed by atoms with Crippen LogP contribution in [0.15, 0.2) is 64.5 Å². The van der Waals surface area contributed by atoms with Crippen molar-refractivity contribution in [3.05, 3.63) is 70.0 Å². The second-order valence-corrected chi connectivity index (χ2v) is 9.36. The summed E-state index contributed by atoms with van der Waals surface area (Å²) in [6.07, 6.45) is 6.08. The van der Waals surface area contributed by atoms with E-state index >= 15 is 0 Å². The van der Waals surface area contributed by atoms with Gasteiger partial charge < -0.3 is 9.84 Å². The Balaban J connectivity index is 1.50. The van der Waals surface area contributed by atoms with Gasteiger partial charge in [-0.2, -0.15) is 0 Å². The van der Waals surface area contributed by atoms with E-state index in [1.54, 1.807) is 31.4 Å². The number of nitrogens with one attached hydrogen (secondary N) is 1. The standard InChI is InChI=1S/C26H21NO6/c1-11-6-19(29)23-18(24(11)30)9-17-15(3-4-16-22(17)26(32)27-25(16)31)21(23)13-7-12-8-14(28)2-5-20(12)33-10-13/h2-3,5-6,8,10,16-17,21-22,28H,4,7,9H2,1H3,(H,27,31,32). The monoisotopic (exact) mass is 443 g/mol. The summed E-state index contributed by atoms with van der Waals surface area (Å²) in [7, 11) is 0. The van der Waals surface area contributed by atoms with Crippen LogP contribution in [0.25, 0.3) is 0 Å². The summed E-state index contributed by atoms with van der Waals surface area (Å²) in [4.78, 5) is 51.4. The van der Waals surface area contributed by atoms with Crippen LogP contribution in [-0.2, 0) is 25.6 Å². The van der Waals surface area contributed by atoms with E-state index in [4.69, 9.17) is 4.74 Å². The number of benzene rings is 1. The average Bonchev–Trinajstić information content (AvgIpc) is 3.09. The molecule has 5 aliphatic rings. The first-order chi connectivity index (χ1) is 15.8. The van der Waals surface area contributed by atoms with Crippen LogP contribution in [0.5, 0.6) is 11.5 Å². The first-order valence-corrected chi connectivity index (χ1v) is 11.1. The third kappa shape index (κ3) is 2.81. The molecule has 2 heterocycles. The normalized spacial score (nSPS) is 30.3. The molecule has 1 saturated heterocycles. The molecule has 4 unspecified atom stereocenters. The molecule has 1 aromatic rings. The average molecular weight is 443 g/mol. The molecule has 33 heavy (non-hydrogen) atoms. The van der Waals surface area contributed by atoms with E-state index in [0.29, 0.717) is 35.3 Å². The fourth-order valence-corrected chi connectivity index (χ4v) is 6.10. The fourth-order valence-electron chi connectivity index (χ4n) is 6.10. The summed E-state index contributed by atoms with van der Waals surface area (Å²) in [5.74, 6) is -2.09. The van der Waals surface area contributed by atoms with Crippen LogP contribution in [0, 0.1) is 23.7 Å². The SMILES string of the molecule is CC1=CC(=O)C2=C(CC3C(=CCC4C(=O)NC(=O)C43)C2C2=COc3ccc(O)cc3C2)C1=O. The third-order valence-corrected chi connectivity index (χ3v) is 7.55. The number of phenols is 1. The van der Waals surface area contributed by atoms with E-state index in [2.05, 4.69) is 5.32 Å². The van der Waals surface area contributed by atoms with Crippen molar-refractivity contribution in [2.45, 2.75) is 26.2 Å². The number of rotatable bonds is 1. The highest BCUT2D eigenvalue weighted by Gasteiger charge is 2.53. The number of hydrogen-bond acceptors (Lipinski definition) is 6.